The predicted octanol–water partition coefficient (Wildman–Crippen LogP) is 4.10. The molecule has 0 N–H and O–H groups in total. The molecule has 1 aliphatic rings. The SMILES string of the molecule is CC1(C)C(c2ccccc2)=NOC1c1ccc([N+](=O)[O-])cc1. The Morgan fingerprint density at radius 3 is 2.32 bits per heavy atom. The van der Waals surface area contributed by atoms with E-state index in [-0.39, 0.29) is 17.2 Å². The van der Waals surface area contributed by atoms with E-state index in [9.17, 15) is 10.1 Å². The summed E-state index contributed by atoms with van der Waals surface area (Å²) in [6, 6.07) is 16.3. The summed E-state index contributed by atoms with van der Waals surface area (Å²) in [5.74, 6) is 0. The minimum atomic E-state index is -0.406. The molecule has 2 aromatic rings. The van der Waals surface area contributed by atoms with Crippen molar-refractivity contribution >= 4 is 11.4 Å². The lowest BCUT2D eigenvalue weighted by atomic mass is 9.76. The molecule has 112 valence electrons. The van der Waals surface area contributed by atoms with Crippen molar-refractivity contribution in [3.05, 3.63) is 75.8 Å². The third-order valence-corrected chi connectivity index (χ3v) is 3.97. The number of oxime groups is 1. The molecule has 5 nitrogen and oxygen atoms in total. The topological polar surface area (TPSA) is 64.7 Å². The molecule has 1 heterocycles. The zero-order valence-corrected chi connectivity index (χ0v) is 12.4. The van der Waals surface area contributed by atoms with Crippen LogP contribution in [-0.4, -0.2) is 10.6 Å². The molecule has 0 saturated carbocycles. The second kappa shape index (κ2) is 5.26. The van der Waals surface area contributed by atoms with Gasteiger partial charge in [-0.15, -0.1) is 0 Å². The lowest BCUT2D eigenvalue weighted by molar-refractivity contribution is -0.384. The third kappa shape index (κ3) is 2.35. The Hall–Kier alpha value is -2.69. The lowest BCUT2D eigenvalue weighted by Gasteiger charge is -2.26. The van der Waals surface area contributed by atoms with Gasteiger partial charge in [0.25, 0.3) is 5.69 Å². The van der Waals surface area contributed by atoms with E-state index in [2.05, 4.69) is 19.0 Å². The summed E-state index contributed by atoms with van der Waals surface area (Å²) in [6.45, 7) is 4.13. The summed E-state index contributed by atoms with van der Waals surface area (Å²) >= 11 is 0. The monoisotopic (exact) mass is 296 g/mol. The molecule has 2 aromatic carbocycles. The molecule has 1 atom stereocenters. The molecule has 1 unspecified atom stereocenters. The van der Waals surface area contributed by atoms with Crippen LogP contribution < -0.4 is 0 Å². The number of rotatable bonds is 3. The molecular weight excluding hydrogens is 280 g/mol. The Balaban J connectivity index is 1.90. The summed E-state index contributed by atoms with van der Waals surface area (Å²) in [5.41, 5.74) is 2.54. The first-order valence-corrected chi connectivity index (χ1v) is 7.04. The van der Waals surface area contributed by atoms with Gasteiger partial charge in [0.05, 0.1) is 16.0 Å². The summed E-state index contributed by atoms with van der Waals surface area (Å²) in [6.07, 6.45) is -0.261. The summed E-state index contributed by atoms with van der Waals surface area (Å²) < 4.78 is 0. The first-order chi connectivity index (χ1) is 10.5. The Labute approximate surface area is 128 Å². The fourth-order valence-electron chi connectivity index (χ4n) is 2.75. The van der Waals surface area contributed by atoms with Gasteiger partial charge in [0.15, 0.2) is 6.10 Å². The van der Waals surface area contributed by atoms with Gasteiger partial charge in [-0.05, 0) is 17.7 Å². The molecule has 5 heteroatoms. The number of hydrogen-bond acceptors (Lipinski definition) is 4. The molecule has 0 amide bonds. The molecule has 0 radical (unpaired) electrons. The van der Waals surface area contributed by atoms with E-state index in [1.165, 1.54) is 12.1 Å². The number of benzene rings is 2. The van der Waals surface area contributed by atoms with Gasteiger partial charge in [0.1, 0.15) is 0 Å². The van der Waals surface area contributed by atoms with Crippen LogP contribution in [0, 0.1) is 15.5 Å². The second-order valence-corrected chi connectivity index (χ2v) is 5.86. The second-order valence-electron chi connectivity index (χ2n) is 5.86. The van der Waals surface area contributed by atoms with Crippen LogP contribution in [0.5, 0.6) is 0 Å². The highest BCUT2D eigenvalue weighted by molar-refractivity contribution is 6.05. The molecule has 0 aromatic heterocycles. The van der Waals surface area contributed by atoms with E-state index in [0.717, 1.165) is 16.8 Å². The molecule has 0 fully saturated rings. The Kier molecular flexibility index (Phi) is 3.41. The van der Waals surface area contributed by atoms with Crippen molar-refractivity contribution in [1.82, 2.24) is 0 Å². The van der Waals surface area contributed by atoms with Crippen molar-refractivity contribution in [1.29, 1.82) is 0 Å². The largest absolute Gasteiger partial charge is 0.386 e. The maximum Gasteiger partial charge on any atom is 0.269 e. The first-order valence-electron chi connectivity index (χ1n) is 7.04. The Bertz CT molecular complexity index is 721. The van der Waals surface area contributed by atoms with Gasteiger partial charge in [-0.1, -0.05) is 49.3 Å². The van der Waals surface area contributed by atoms with Crippen molar-refractivity contribution in [2.75, 3.05) is 0 Å². The van der Waals surface area contributed by atoms with Crippen LogP contribution in [0.1, 0.15) is 31.1 Å². The van der Waals surface area contributed by atoms with E-state index in [4.69, 9.17) is 4.84 Å². The minimum absolute atomic E-state index is 0.0729. The van der Waals surface area contributed by atoms with Crippen molar-refractivity contribution < 1.29 is 9.76 Å². The highest BCUT2D eigenvalue weighted by Crippen LogP contribution is 2.44. The van der Waals surface area contributed by atoms with Gasteiger partial charge < -0.3 is 4.84 Å². The van der Waals surface area contributed by atoms with Crippen LogP contribution >= 0.6 is 0 Å². The highest BCUT2D eigenvalue weighted by atomic mass is 16.6. The number of nitrogens with zero attached hydrogens (tertiary/aromatic N) is 2. The van der Waals surface area contributed by atoms with E-state index >= 15 is 0 Å². The molecule has 0 spiro atoms. The Morgan fingerprint density at radius 1 is 1.09 bits per heavy atom. The number of non-ortho nitro benzene ring substituents is 1. The third-order valence-electron chi connectivity index (χ3n) is 3.97. The van der Waals surface area contributed by atoms with Gasteiger partial charge in [-0.2, -0.15) is 0 Å². The van der Waals surface area contributed by atoms with Crippen molar-refractivity contribution in [2.45, 2.75) is 20.0 Å². The maximum atomic E-state index is 10.7. The van der Waals surface area contributed by atoms with Crippen LogP contribution in [0.3, 0.4) is 0 Å². The molecule has 1 aliphatic heterocycles. The van der Waals surface area contributed by atoms with E-state index in [1.54, 1.807) is 12.1 Å². The fourth-order valence-corrected chi connectivity index (χ4v) is 2.75. The zero-order valence-electron chi connectivity index (χ0n) is 12.4. The minimum Gasteiger partial charge on any atom is -0.386 e. The molecule has 0 aliphatic carbocycles. The van der Waals surface area contributed by atoms with Gasteiger partial charge in [-0.3, -0.25) is 10.1 Å². The van der Waals surface area contributed by atoms with Crippen LogP contribution in [0.15, 0.2) is 59.8 Å². The van der Waals surface area contributed by atoms with Crippen LogP contribution in [0.25, 0.3) is 0 Å². The van der Waals surface area contributed by atoms with E-state index in [0.29, 0.717) is 0 Å². The Morgan fingerprint density at radius 2 is 1.73 bits per heavy atom. The normalized spacial score (nSPS) is 19.4. The summed E-state index contributed by atoms with van der Waals surface area (Å²) in [7, 11) is 0. The smallest absolute Gasteiger partial charge is 0.269 e. The zero-order chi connectivity index (χ0) is 15.7. The van der Waals surface area contributed by atoms with Crippen molar-refractivity contribution in [3.8, 4) is 0 Å². The van der Waals surface area contributed by atoms with Gasteiger partial charge in [0.2, 0.25) is 0 Å². The van der Waals surface area contributed by atoms with Gasteiger partial charge in [-0.25, -0.2) is 0 Å². The van der Waals surface area contributed by atoms with Crippen LogP contribution in [-0.2, 0) is 4.84 Å². The van der Waals surface area contributed by atoms with Crippen LogP contribution in [0.4, 0.5) is 5.69 Å². The number of nitro benzene ring substituents is 1. The number of nitro groups is 1. The average Bonchev–Trinajstić information content (AvgIpc) is 2.83. The summed E-state index contributed by atoms with van der Waals surface area (Å²) in [4.78, 5) is 16.0. The highest BCUT2D eigenvalue weighted by Gasteiger charge is 2.43. The molecule has 3 rings (SSSR count). The fraction of sp³-hybridized carbons (Fsp3) is 0.235. The van der Waals surface area contributed by atoms with E-state index < -0.39 is 4.92 Å². The first kappa shape index (κ1) is 14.3. The van der Waals surface area contributed by atoms with Gasteiger partial charge >= 0.3 is 0 Å². The molecule has 22 heavy (non-hydrogen) atoms. The lowest BCUT2D eigenvalue weighted by Crippen LogP contribution is -2.27. The van der Waals surface area contributed by atoms with Gasteiger partial charge in [0, 0.05) is 17.7 Å². The molecule has 0 bridgehead atoms. The van der Waals surface area contributed by atoms with Crippen molar-refractivity contribution in [3.63, 3.8) is 0 Å². The number of hydrogen-bond donors (Lipinski definition) is 0. The maximum absolute atomic E-state index is 10.7. The summed E-state index contributed by atoms with van der Waals surface area (Å²) in [5, 5.41) is 15.0. The standard InChI is InChI=1S/C17H16N2O3/c1-17(2)15(12-6-4-3-5-7-12)18-22-16(17)13-8-10-14(11-9-13)19(20)21/h3-11,16H,1-2H3. The van der Waals surface area contributed by atoms with Crippen molar-refractivity contribution in [2.24, 2.45) is 10.6 Å². The van der Waals surface area contributed by atoms with Crippen LogP contribution in [0.2, 0.25) is 0 Å². The predicted molar refractivity (Wildman–Crippen MR) is 83.7 cm³/mol. The molecular formula is C17H16N2O3. The van der Waals surface area contributed by atoms with E-state index in [1.807, 2.05) is 30.3 Å². The average molecular weight is 296 g/mol. The molecule has 0 saturated heterocycles. The quantitative estimate of drug-likeness (QED) is 0.632.